The van der Waals surface area contributed by atoms with Crippen LogP contribution in [0.4, 0.5) is 4.79 Å². The molecule has 0 radical (unpaired) electrons. The quantitative estimate of drug-likeness (QED) is 0.701. The zero-order valence-electron chi connectivity index (χ0n) is 10.4. The van der Waals surface area contributed by atoms with Gasteiger partial charge in [0.1, 0.15) is 0 Å². The Hall–Kier alpha value is -0.850. The fourth-order valence-corrected chi connectivity index (χ4v) is 2.12. The van der Waals surface area contributed by atoms with Crippen LogP contribution in [0.15, 0.2) is 0 Å². The molecule has 0 saturated carbocycles. The van der Waals surface area contributed by atoms with E-state index < -0.39 is 0 Å². The van der Waals surface area contributed by atoms with Gasteiger partial charge in [-0.2, -0.15) is 0 Å². The van der Waals surface area contributed by atoms with E-state index in [0.29, 0.717) is 32.8 Å². The van der Waals surface area contributed by atoms with Crippen molar-refractivity contribution in [3.8, 4) is 0 Å². The summed E-state index contributed by atoms with van der Waals surface area (Å²) in [5.74, 6) is 0. The first-order valence-electron chi connectivity index (χ1n) is 6.17. The van der Waals surface area contributed by atoms with E-state index >= 15 is 0 Å². The van der Waals surface area contributed by atoms with Gasteiger partial charge in [0.15, 0.2) is 0 Å². The summed E-state index contributed by atoms with van der Waals surface area (Å²) in [7, 11) is 1.83. The second kappa shape index (κ2) is 6.18. The topological polar surface area (TPSA) is 54.0 Å². The molecule has 0 spiro atoms. The summed E-state index contributed by atoms with van der Waals surface area (Å²) in [6, 6.07) is 0.0717. The molecule has 0 aromatic carbocycles. The minimum absolute atomic E-state index is 0.0717. The highest BCUT2D eigenvalue weighted by molar-refractivity contribution is 5.74. The Morgan fingerprint density at radius 1 is 1.41 bits per heavy atom. The van der Waals surface area contributed by atoms with Crippen molar-refractivity contribution in [2.24, 2.45) is 0 Å². The number of carbonyl (C=O) groups excluding carboxylic acids is 1. The number of likely N-dealkylation sites (N-methyl/N-ethyl adjacent to an activating group) is 1. The SMILES string of the molecule is CN(CC1CNCCO1)C(=O)N1CCOCC1. The van der Waals surface area contributed by atoms with Gasteiger partial charge in [0.25, 0.3) is 0 Å². The fraction of sp³-hybridized carbons (Fsp3) is 0.909. The van der Waals surface area contributed by atoms with Gasteiger partial charge in [0.05, 0.1) is 25.9 Å². The Balaban J connectivity index is 1.77. The van der Waals surface area contributed by atoms with Crippen LogP contribution >= 0.6 is 0 Å². The van der Waals surface area contributed by atoms with Crippen molar-refractivity contribution in [1.29, 1.82) is 0 Å². The Labute approximate surface area is 102 Å². The van der Waals surface area contributed by atoms with Crippen molar-refractivity contribution in [2.75, 3.05) is 59.6 Å². The summed E-state index contributed by atoms with van der Waals surface area (Å²) < 4.78 is 10.8. The first-order valence-corrected chi connectivity index (χ1v) is 6.17. The van der Waals surface area contributed by atoms with Gasteiger partial charge in [-0.25, -0.2) is 4.79 Å². The van der Waals surface area contributed by atoms with Crippen molar-refractivity contribution in [3.63, 3.8) is 0 Å². The molecule has 2 rings (SSSR count). The van der Waals surface area contributed by atoms with Gasteiger partial charge >= 0.3 is 6.03 Å². The molecule has 2 amide bonds. The number of amides is 2. The number of urea groups is 1. The van der Waals surface area contributed by atoms with Crippen molar-refractivity contribution in [1.82, 2.24) is 15.1 Å². The van der Waals surface area contributed by atoms with Crippen molar-refractivity contribution < 1.29 is 14.3 Å². The van der Waals surface area contributed by atoms with Gasteiger partial charge in [0, 0.05) is 39.8 Å². The van der Waals surface area contributed by atoms with Crippen LogP contribution in [0.2, 0.25) is 0 Å². The van der Waals surface area contributed by atoms with Crippen LogP contribution in [-0.2, 0) is 9.47 Å². The zero-order chi connectivity index (χ0) is 12.1. The van der Waals surface area contributed by atoms with Crippen molar-refractivity contribution in [2.45, 2.75) is 6.10 Å². The van der Waals surface area contributed by atoms with E-state index in [1.54, 1.807) is 4.90 Å². The van der Waals surface area contributed by atoms with Gasteiger partial charge in [0.2, 0.25) is 0 Å². The van der Waals surface area contributed by atoms with E-state index in [-0.39, 0.29) is 12.1 Å². The smallest absolute Gasteiger partial charge is 0.319 e. The molecule has 0 aliphatic carbocycles. The van der Waals surface area contributed by atoms with E-state index in [0.717, 1.165) is 19.7 Å². The monoisotopic (exact) mass is 243 g/mol. The molecule has 2 heterocycles. The summed E-state index contributed by atoms with van der Waals surface area (Å²) >= 11 is 0. The lowest BCUT2D eigenvalue weighted by molar-refractivity contribution is 0.00711. The molecular formula is C11H21N3O3. The molecule has 98 valence electrons. The molecule has 2 fully saturated rings. The Morgan fingerprint density at radius 3 is 2.82 bits per heavy atom. The van der Waals surface area contributed by atoms with Gasteiger partial charge < -0.3 is 24.6 Å². The molecule has 1 N–H and O–H groups in total. The minimum Gasteiger partial charge on any atom is -0.378 e. The predicted molar refractivity (Wildman–Crippen MR) is 63.0 cm³/mol. The first kappa shape index (κ1) is 12.6. The van der Waals surface area contributed by atoms with Crippen LogP contribution < -0.4 is 5.32 Å². The van der Waals surface area contributed by atoms with E-state index in [4.69, 9.17) is 9.47 Å². The number of rotatable bonds is 2. The molecule has 0 bridgehead atoms. The zero-order valence-corrected chi connectivity index (χ0v) is 10.4. The number of ether oxygens (including phenoxy) is 2. The number of hydrogen-bond donors (Lipinski definition) is 1. The number of hydrogen-bond acceptors (Lipinski definition) is 4. The van der Waals surface area contributed by atoms with Crippen LogP contribution in [0.1, 0.15) is 0 Å². The maximum absolute atomic E-state index is 12.1. The molecule has 2 aliphatic rings. The molecule has 17 heavy (non-hydrogen) atoms. The Kier molecular flexibility index (Phi) is 4.58. The number of nitrogens with zero attached hydrogens (tertiary/aromatic N) is 2. The molecule has 2 aliphatic heterocycles. The normalized spacial score (nSPS) is 25.7. The second-order valence-corrected chi connectivity index (χ2v) is 4.46. The average molecular weight is 243 g/mol. The van der Waals surface area contributed by atoms with E-state index in [9.17, 15) is 4.79 Å². The maximum atomic E-state index is 12.1. The van der Waals surface area contributed by atoms with Crippen molar-refractivity contribution >= 4 is 6.03 Å². The first-order chi connectivity index (χ1) is 8.27. The lowest BCUT2D eigenvalue weighted by Crippen LogP contribution is -2.51. The Morgan fingerprint density at radius 2 is 2.18 bits per heavy atom. The molecule has 6 heteroatoms. The minimum atomic E-state index is 0.0717. The summed E-state index contributed by atoms with van der Waals surface area (Å²) in [6.45, 7) is 5.74. The predicted octanol–water partition coefficient (Wildman–Crippen LogP) is -0.641. The van der Waals surface area contributed by atoms with E-state index in [1.165, 1.54) is 0 Å². The molecule has 1 unspecified atom stereocenters. The summed E-state index contributed by atoms with van der Waals surface area (Å²) in [5.41, 5.74) is 0. The van der Waals surface area contributed by atoms with Gasteiger partial charge in [-0.1, -0.05) is 0 Å². The van der Waals surface area contributed by atoms with Crippen LogP contribution in [0.5, 0.6) is 0 Å². The van der Waals surface area contributed by atoms with Gasteiger partial charge in [-0.05, 0) is 0 Å². The second-order valence-electron chi connectivity index (χ2n) is 4.46. The van der Waals surface area contributed by atoms with E-state index in [2.05, 4.69) is 5.32 Å². The maximum Gasteiger partial charge on any atom is 0.319 e. The van der Waals surface area contributed by atoms with Crippen LogP contribution in [0.3, 0.4) is 0 Å². The lowest BCUT2D eigenvalue weighted by atomic mass is 10.3. The van der Waals surface area contributed by atoms with E-state index in [1.807, 2.05) is 11.9 Å². The third-order valence-electron chi connectivity index (χ3n) is 3.09. The van der Waals surface area contributed by atoms with Crippen LogP contribution in [0, 0.1) is 0 Å². The summed E-state index contributed by atoms with van der Waals surface area (Å²) in [5, 5.41) is 3.26. The fourth-order valence-electron chi connectivity index (χ4n) is 2.12. The van der Waals surface area contributed by atoms with Crippen LogP contribution in [-0.4, -0.2) is 81.5 Å². The largest absolute Gasteiger partial charge is 0.378 e. The van der Waals surface area contributed by atoms with Gasteiger partial charge in [-0.3, -0.25) is 0 Å². The molecule has 6 nitrogen and oxygen atoms in total. The molecule has 0 aromatic rings. The summed E-state index contributed by atoms with van der Waals surface area (Å²) in [4.78, 5) is 15.7. The molecule has 0 aromatic heterocycles. The standard InChI is InChI=1S/C11H21N3O3/c1-13(9-10-8-12-2-5-17-10)11(15)14-3-6-16-7-4-14/h10,12H,2-9H2,1H3. The molecule has 2 saturated heterocycles. The summed E-state index contributed by atoms with van der Waals surface area (Å²) in [6.07, 6.45) is 0.110. The van der Waals surface area contributed by atoms with Crippen molar-refractivity contribution in [3.05, 3.63) is 0 Å². The lowest BCUT2D eigenvalue weighted by Gasteiger charge is -2.33. The highest BCUT2D eigenvalue weighted by Gasteiger charge is 2.23. The third-order valence-corrected chi connectivity index (χ3v) is 3.09. The Bertz CT molecular complexity index is 250. The number of carbonyl (C=O) groups is 1. The number of nitrogens with one attached hydrogen (secondary N) is 1. The molecular weight excluding hydrogens is 222 g/mol. The number of morpholine rings is 2. The average Bonchev–Trinajstić information content (AvgIpc) is 2.40. The highest BCUT2D eigenvalue weighted by Crippen LogP contribution is 2.04. The highest BCUT2D eigenvalue weighted by atomic mass is 16.5. The molecule has 1 atom stereocenters. The third kappa shape index (κ3) is 3.55. The van der Waals surface area contributed by atoms with Crippen LogP contribution in [0.25, 0.3) is 0 Å². The van der Waals surface area contributed by atoms with Gasteiger partial charge in [-0.15, -0.1) is 0 Å².